The van der Waals surface area contributed by atoms with Gasteiger partial charge in [0.05, 0.1) is 6.21 Å². The van der Waals surface area contributed by atoms with Crippen LogP contribution >= 0.6 is 0 Å². The van der Waals surface area contributed by atoms with Crippen molar-refractivity contribution in [3.8, 4) is 44.5 Å². The van der Waals surface area contributed by atoms with E-state index in [-0.39, 0.29) is 23.0 Å². The smallest absolute Gasteiger partial charge is 0.230 e. The molecule has 0 saturated carbocycles. The van der Waals surface area contributed by atoms with Crippen LogP contribution in [0.1, 0.15) is 58.9 Å². The van der Waals surface area contributed by atoms with Gasteiger partial charge in [0.2, 0.25) is 34.8 Å². The zero-order valence-corrected chi connectivity index (χ0v) is 37.1. The molecule has 0 saturated heterocycles. The zero-order chi connectivity index (χ0) is 47.5. The van der Waals surface area contributed by atoms with E-state index < -0.39 is 35.5 Å². The van der Waals surface area contributed by atoms with E-state index in [0.717, 1.165) is 50.7 Å². The van der Waals surface area contributed by atoms with E-state index in [1.807, 2.05) is 170 Å². The summed E-state index contributed by atoms with van der Waals surface area (Å²) in [6, 6.07) is 67.6. The second-order valence-electron chi connectivity index (χ2n) is 15.9. The highest BCUT2D eigenvalue weighted by molar-refractivity contribution is 6.49. The van der Waals surface area contributed by atoms with Crippen molar-refractivity contribution in [3.63, 3.8) is 0 Å². The number of aliphatic imine (C=N–C) groups is 2. The lowest BCUT2D eigenvalue weighted by molar-refractivity contribution is 0.0989. The monoisotopic (exact) mass is 895 g/mol. The summed E-state index contributed by atoms with van der Waals surface area (Å²) in [4.78, 5) is 78.1. The molecule has 9 rings (SSSR count). The minimum Gasteiger partial charge on any atom is -0.289 e. The van der Waals surface area contributed by atoms with Crippen LogP contribution < -0.4 is 0 Å². The van der Waals surface area contributed by atoms with E-state index in [2.05, 4.69) is 31.5 Å². The number of amidine groups is 1. The van der Waals surface area contributed by atoms with Crippen molar-refractivity contribution in [2.24, 2.45) is 9.98 Å². The summed E-state index contributed by atoms with van der Waals surface area (Å²) < 4.78 is 0. The van der Waals surface area contributed by atoms with Crippen LogP contribution in [0, 0.1) is 0 Å². The predicted molar refractivity (Wildman–Crippen MR) is 273 cm³/mol. The van der Waals surface area contributed by atoms with E-state index in [9.17, 15) is 19.2 Å². The third-order valence-electron chi connectivity index (χ3n) is 11.4. The van der Waals surface area contributed by atoms with Gasteiger partial charge in [-0.15, -0.1) is 0 Å². The summed E-state index contributed by atoms with van der Waals surface area (Å²) in [5, 5.41) is 0. The number of hydrogen-bond acceptors (Lipinski definition) is 8. The third-order valence-corrected chi connectivity index (χ3v) is 11.4. The molecule has 0 spiro atoms. The molecule has 0 atom stereocenters. The Hall–Kier alpha value is -9.47. The molecule has 0 radical (unpaired) electrons. The average Bonchev–Trinajstić information content (AvgIpc) is 3.43. The Labute approximate surface area is 399 Å². The molecule has 69 heavy (non-hydrogen) atoms. The Balaban J connectivity index is 1.04. The molecule has 0 bridgehead atoms. The Morgan fingerprint density at radius 1 is 0.391 bits per heavy atom. The molecule has 9 nitrogen and oxygen atoms in total. The first-order valence-electron chi connectivity index (χ1n) is 22.1. The minimum absolute atomic E-state index is 0.00533. The normalized spacial score (nSPS) is 11.3. The molecule has 0 N–H and O–H groups in total. The molecular weight excluding hydrogens is 855 g/mol. The van der Waals surface area contributed by atoms with Gasteiger partial charge in [0.25, 0.3) is 0 Å². The van der Waals surface area contributed by atoms with Crippen LogP contribution in [0.25, 0.3) is 50.1 Å². The summed E-state index contributed by atoms with van der Waals surface area (Å²) in [6.07, 6.45) is 1.02. The summed E-state index contributed by atoms with van der Waals surface area (Å²) in [5.74, 6) is -3.41. The second kappa shape index (κ2) is 20.8. The number of aromatic nitrogens is 3. The highest BCUT2D eigenvalue weighted by Gasteiger charge is 2.23. The minimum atomic E-state index is -0.734. The van der Waals surface area contributed by atoms with Crippen molar-refractivity contribution in [3.05, 3.63) is 265 Å². The average molecular weight is 896 g/mol. The van der Waals surface area contributed by atoms with Crippen LogP contribution in [-0.2, 0) is 0 Å². The van der Waals surface area contributed by atoms with Gasteiger partial charge in [0.1, 0.15) is 6.54 Å². The number of Topliss-reactive ketones (excluding diaryl/α,β-unsaturated/α-hetero) is 3. The molecule has 1 aromatic heterocycles. The SMILES string of the molecule is C=C(c1ccc(-c2ccccc2)cc1)c1nc(C(=O)C/N=C(\N=C\C(=O)c2ccc(-c3ccccc3)cc2)C(=O)c2ccc(-c3ccccc3)cc2)nc(C(=O)c2ccc(-c3ccccc3)cc2)n1. The summed E-state index contributed by atoms with van der Waals surface area (Å²) in [5.41, 5.74) is 9.54. The molecule has 9 heteroatoms. The number of carbonyl (C=O) groups excluding carboxylic acids is 4. The quantitative estimate of drug-likeness (QED) is 0.0568. The van der Waals surface area contributed by atoms with Gasteiger partial charge >= 0.3 is 0 Å². The third kappa shape index (κ3) is 10.6. The predicted octanol–water partition coefficient (Wildman–Crippen LogP) is 12.2. The van der Waals surface area contributed by atoms with Gasteiger partial charge in [-0.2, -0.15) is 0 Å². The number of nitrogens with zero attached hydrogens (tertiary/aromatic N) is 5. The Bertz CT molecular complexity index is 3260. The molecule has 0 unspecified atom stereocenters. The standard InChI is InChI=1S/C60H41N5O4/c1-40(41-22-24-46(25-23-41)42-14-6-2-7-15-42)57-63-58(65-60(64-57)56(69)52-36-30-49(31-37-52)45-20-12-5-13-21-45)54(67)39-62-59(55(68)51-34-28-48(29-35-51)44-18-10-4-11-19-44)61-38-53(66)50-32-26-47(27-33-50)43-16-8-3-9-17-43/h2-38H,1,39H2/b61-38+,62-59-. The van der Waals surface area contributed by atoms with Gasteiger partial charge in [-0.1, -0.05) is 225 Å². The summed E-state index contributed by atoms with van der Waals surface area (Å²) in [6.45, 7) is 3.61. The van der Waals surface area contributed by atoms with Crippen molar-refractivity contribution in [2.75, 3.05) is 6.54 Å². The number of benzene rings is 8. The molecule has 330 valence electrons. The number of hydrogen-bond donors (Lipinski definition) is 0. The Morgan fingerprint density at radius 2 is 0.739 bits per heavy atom. The molecule has 0 aliphatic carbocycles. The largest absolute Gasteiger partial charge is 0.289 e. The number of rotatable bonds is 15. The fraction of sp³-hybridized carbons (Fsp3) is 0.0167. The van der Waals surface area contributed by atoms with E-state index in [1.165, 1.54) is 0 Å². The van der Waals surface area contributed by atoms with Crippen LogP contribution in [0.3, 0.4) is 0 Å². The maximum atomic E-state index is 14.2. The van der Waals surface area contributed by atoms with Crippen LogP contribution in [0.4, 0.5) is 0 Å². The lowest BCUT2D eigenvalue weighted by Crippen LogP contribution is -2.20. The van der Waals surface area contributed by atoms with Crippen molar-refractivity contribution in [1.29, 1.82) is 0 Å². The summed E-state index contributed by atoms with van der Waals surface area (Å²) >= 11 is 0. The second-order valence-corrected chi connectivity index (χ2v) is 15.9. The molecule has 0 aliphatic rings. The van der Waals surface area contributed by atoms with Crippen LogP contribution in [0.2, 0.25) is 0 Å². The van der Waals surface area contributed by atoms with E-state index in [4.69, 9.17) is 0 Å². The molecule has 0 amide bonds. The topological polar surface area (TPSA) is 132 Å². The first-order valence-corrected chi connectivity index (χ1v) is 22.1. The lowest BCUT2D eigenvalue weighted by atomic mass is 10.0. The molecule has 8 aromatic carbocycles. The fourth-order valence-electron chi connectivity index (χ4n) is 7.55. The van der Waals surface area contributed by atoms with Crippen molar-refractivity contribution >= 4 is 40.8 Å². The number of carbonyl (C=O) groups is 4. The van der Waals surface area contributed by atoms with Gasteiger partial charge in [-0.25, -0.2) is 19.9 Å². The van der Waals surface area contributed by atoms with Crippen molar-refractivity contribution < 1.29 is 19.2 Å². The maximum absolute atomic E-state index is 14.2. The lowest BCUT2D eigenvalue weighted by Gasteiger charge is -2.10. The highest BCUT2D eigenvalue weighted by Crippen LogP contribution is 2.26. The van der Waals surface area contributed by atoms with Crippen LogP contribution in [0.15, 0.2) is 235 Å². The Morgan fingerprint density at radius 3 is 1.17 bits per heavy atom. The van der Waals surface area contributed by atoms with Gasteiger partial charge < -0.3 is 0 Å². The Kier molecular flexibility index (Phi) is 13.5. The summed E-state index contributed by atoms with van der Waals surface area (Å²) in [7, 11) is 0. The molecule has 9 aromatic rings. The zero-order valence-electron chi connectivity index (χ0n) is 37.1. The van der Waals surface area contributed by atoms with Gasteiger partial charge in [0.15, 0.2) is 11.7 Å². The first-order chi connectivity index (χ1) is 33.8. The van der Waals surface area contributed by atoms with Crippen molar-refractivity contribution in [1.82, 2.24) is 15.0 Å². The molecule has 0 fully saturated rings. The number of ketones is 4. The van der Waals surface area contributed by atoms with Crippen LogP contribution in [0.5, 0.6) is 0 Å². The fourth-order valence-corrected chi connectivity index (χ4v) is 7.55. The molecular formula is C60H41N5O4. The van der Waals surface area contributed by atoms with Crippen LogP contribution in [-0.4, -0.2) is 56.7 Å². The van der Waals surface area contributed by atoms with E-state index in [0.29, 0.717) is 22.3 Å². The van der Waals surface area contributed by atoms with Crippen molar-refractivity contribution in [2.45, 2.75) is 0 Å². The first kappa shape index (κ1) is 44.7. The molecule has 0 aliphatic heterocycles. The van der Waals surface area contributed by atoms with E-state index in [1.54, 1.807) is 48.5 Å². The van der Waals surface area contributed by atoms with E-state index >= 15 is 0 Å². The maximum Gasteiger partial charge on any atom is 0.230 e. The van der Waals surface area contributed by atoms with Gasteiger partial charge in [-0.05, 0) is 50.1 Å². The molecule has 1 heterocycles. The van der Waals surface area contributed by atoms with Gasteiger partial charge in [0, 0.05) is 22.3 Å². The van der Waals surface area contributed by atoms with Gasteiger partial charge in [-0.3, -0.25) is 24.2 Å². The highest BCUT2D eigenvalue weighted by atomic mass is 16.1.